The fourth-order valence-corrected chi connectivity index (χ4v) is 4.35. The highest BCUT2D eigenvalue weighted by Gasteiger charge is 2.24. The number of ketones is 1. The van der Waals surface area contributed by atoms with Crippen LogP contribution >= 0.6 is 35.1 Å². The van der Waals surface area contributed by atoms with Gasteiger partial charge in [0, 0.05) is 16.5 Å². The number of carbonyl (C=O) groups is 2. The number of halogens is 1. The van der Waals surface area contributed by atoms with E-state index >= 15 is 0 Å². The maximum atomic E-state index is 12.0. The lowest BCUT2D eigenvalue weighted by atomic mass is 10.1. The minimum absolute atomic E-state index is 0.143. The van der Waals surface area contributed by atoms with E-state index in [1.54, 1.807) is 30.3 Å². The molecule has 2 rings (SSSR count). The molecule has 0 bridgehead atoms. The molecule has 1 aliphatic rings. The van der Waals surface area contributed by atoms with Gasteiger partial charge < -0.3 is 5.11 Å². The van der Waals surface area contributed by atoms with Crippen molar-refractivity contribution >= 4 is 53.0 Å². The van der Waals surface area contributed by atoms with Crippen molar-refractivity contribution in [3.05, 3.63) is 50.7 Å². The number of thioether (sulfide) groups is 2. The summed E-state index contributed by atoms with van der Waals surface area (Å²) < 4.78 is 0.596. The second-order valence-electron chi connectivity index (χ2n) is 3.92. The number of benzene rings is 1. The Labute approximate surface area is 130 Å². The first kappa shape index (κ1) is 15.2. The first-order valence-electron chi connectivity index (χ1n) is 5.79. The average Bonchev–Trinajstić information content (AvgIpc) is 2.90. The highest BCUT2D eigenvalue weighted by atomic mass is 35.5. The highest BCUT2D eigenvalue weighted by molar-refractivity contribution is 8.25. The lowest BCUT2D eigenvalue weighted by molar-refractivity contribution is -0.134. The number of carboxylic acid groups (broad SMARTS) is 1. The number of hydrogen-bond acceptors (Lipinski definition) is 4. The molecule has 20 heavy (non-hydrogen) atoms. The molecule has 1 N–H and O–H groups in total. The molecule has 0 aliphatic carbocycles. The zero-order valence-corrected chi connectivity index (χ0v) is 12.7. The van der Waals surface area contributed by atoms with Crippen LogP contribution in [0.3, 0.4) is 0 Å². The number of hydrogen-bond donors (Lipinski definition) is 1. The lowest BCUT2D eigenvalue weighted by Crippen LogP contribution is -2.11. The molecule has 1 aliphatic heterocycles. The van der Waals surface area contributed by atoms with Gasteiger partial charge in [-0.3, -0.25) is 4.79 Å². The second kappa shape index (κ2) is 7.02. The van der Waals surface area contributed by atoms with Gasteiger partial charge in [-0.15, -0.1) is 23.5 Å². The molecule has 104 valence electrons. The van der Waals surface area contributed by atoms with E-state index in [9.17, 15) is 14.7 Å². The van der Waals surface area contributed by atoms with E-state index in [-0.39, 0.29) is 5.57 Å². The van der Waals surface area contributed by atoms with Gasteiger partial charge in [-0.2, -0.15) is 0 Å². The Hall–Kier alpha value is -1.17. The lowest BCUT2D eigenvalue weighted by Gasteiger charge is -2.01. The first-order valence-corrected chi connectivity index (χ1v) is 8.14. The Morgan fingerprint density at radius 1 is 1.25 bits per heavy atom. The number of allylic oxidation sites excluding steroid dienone is 1. The molecule has 1 saturated heterocycles. The van der Waals surface area contributed by atoms with Crippen LogP contribution in [0.4, 0.5) is 0 Å². The topological polar surface area (TPSA) is 54.4 Å². The van der Waals surface area contributed by atoms with Crippen LogP contribution in [-0.2, 0) is 9.59 Å². The van der Waals surface area contributed by atoms with Crippen molar-refractivity contribution in [2.24, 2.45) is 0 Å². The summed E-state index contributed by atoms with van der Waals surface area (Å²) in [5.41, 5.74) is 0.614. The van der Waals surface area contributed by atoms with Crippen molar-refractivity contribution in [1.29, 1.82) is 0 Å². The Morgan fingerprint density at radius 3 is 2.55 bits per heavy atom. The highest BCUT2D eigenvalue weighted by Crippen LogP contribution is 2.39. The SMILES string of the molecule is O=C(O)C(C(=O)/C=C/c1cccc(Cl)c1)=C1SCCS1. The molecule has 0 amide bonds. The molecule has 0 saturated carbocycles. The van der Waals surface area contributed by atoms with Crippen molar-refractivity contribution in [3.8, 4) is 0 Å². The van der Waals surface area contributed by atoms with Gasteiger partial charge in [-0.25, -0.2) is 4.79 Å². The zero-order chi connectivity index (χ0) is 14.5. The maximum Gasteiger partial charge on any atom is 0.341 e. The fourth-order valence-electron chi connectivity index (χ4n) is 1.61. The molecular weight excluding hydrogens is 316 g/mol. The summed E-state index contributed by atoms with van der Waals surface area (Å²) in [6, 6.07) is 7.00. The summed E-state index contributed by atoms with van der Waals surface area (Å²) in [5, 5.41) is 9.75. The minimum atomic E-state index is -1.18. The van der Waals surface area contributed by atoms with Crippen molar-refractivity contribution in [2.75, 3.05) is 11.5 Å². The molecule has 1 aromatic rings. The van der Waals surface area contributed by atoms with Crippen LogP contribution in [0.25, 0.3) is 6.08 Å². The van der Waals surface area contributed by atoms with E-state index in [4.69, 9.17) is 11.6 Å². The third kappa shape index (κ3) is 3.91. The van der Waals surface area contributed by atoms with Crippen LogP contribution in [0.15, 0.2) is 40.2 Å². The Balaban J connectivity index is 2.21. The summed E-state index contributed by atoms with van der Waals surface area (Å²) >= 11 is 8.68. The van der Waals surface area contributed by atoms with Gasteiger partial charge in [0.15, 0.2) is 5.78 Å². The summed E-state index contributed by atoms with van der Waals surface area (Å²) in [6.07, 6.45) is 2.85. The zero-order valence-electron chi connectivity index (χ0n) is 10.3. The number of carboxylic acids is 1. The van der Waals surface area contributed by atoms with E-state index in [0.717, 1.165) is 17.1 Å². The predicted octanol–water partition coefficient (Wildman–Crippen LogP) is 3.70. The van der Waals surface area contributed by atoms with E-state index in [1.807, 2.05) is 0 Å². The normalized spacial score (nSPS) is 14.8. The molecule has 1 heterocycles. The number of carbonyl (C=O) groups excluding carboxylic acids is 1. The first-order chi connectivity index (χ1) is 9.58. The molecule has 0 radical (unpaired) electrons. The Morgan fingerprint density at radius 2 is 1.95 bits per heavy atom. The predicted molar refractivity (Wildman–Crippen MR) is 85.1 cm³/mol. The Kier molecular flexibility index (Phi) is 5.34. The van der Waals surface area contributed by atoms with Crippen LogP contribution in [0, 0.1) is 0 Å². The Bertz CT molecular complexity index is 600. The second-order valence-corrected chi connectivity index (χ2v) is 6.82. The van der Waals surface area contributed by atoms with Crippen LogP contribution in [0.5, 0.6) is 0 Å². The van der Waals surface area contributed by atoms with Gasteiger partial charge in [0.1, 0.15) is 5.57 Å². The van der Waals surface area contributed by atoms with Gasteiger partial charge in [0.05, 0.1) is 4.24 Å². The smallest absolute Gasteiger partial charge is 0.341 e. The van der Waals surface area contributed by atoms with E-state index in [2.05, 4.69) is 0 Å². The number of rotatable bonds is 4. The summed E-state index contributed by atoms with van der Waals surface area (Å²) in [4.78, 5) is 23.3. The van der Waals surface area contributed by atoms with Gasteiger partial charge in [0.25, 0.3) is 0 Å². The average molecular weight is 327 g/mol. The summed E-state index contributed by atoms with van der Waals surface area (Å²) in [5.74, 6) is 0.00134. The molecule has 1 aromatic carbocycles. The largest absolute Gasteiger partial charge is 0.477 e. The van der Waals surface area contributed by atoms with Crippen LogP contribution in [0.2, 0.25) is 5.02 Å². The molecule has 0 atom stereocenters. The van der Waals surface area contributed by atoms with E-state index in [0.29, 0.717) is 9.26 Å². The third-order valence-electron chi connectivity index (χ3n) is 2.49. The number of aliphatic carboxylic acids is 1. The van der Waals surface area contributed by atoms with Gasteiger partial charge >= 0.3 is 5.97 Å². The molecule has 1 fully saturated rings. The molecule has 3 nitrogen and oxygen atoms in total. The quantitative estimate of drug-likeness (QED) is 0.519. The maximum absolute atomic E-state index is 12.0. The van der Waals surface area contributed by atoms with E-state index in [1.165, 1.54) is 29.6 Å². The minimum Gasteiger partial charge on any atom is -0.477 e. The van der Waals surface area contributed by atoms with Crippen molar-refractivity contribution in [2.45, 2.75) is 0 Å². The van der Waals surface area contributed by atoms with Crippen LogP contribution in [0.1, 0.15) is 5.56 Å². The van der Waals surface area contributed by atoms with Crippen LogP contribution in [-0.4, -0.2) is 28.4 Å². The standard InChI is InChI=1S/C14H11ClO3S2/c15-10-3-1-2-9(8-10)4-5-11(16)12(13(17)18)14-19-6-7-20-14/h1-5,8H,6-7H2,(H,17,18)/b5-4+. The van der Waals surface area contributed by atoms with Crippen LogP contribution < -0.4 is 0 Å². The van der Waals surface area contributed by atoms with Gasteiger partial charge in [-0.1, -0.05) is 29.8 Å². The molecule has 6 heteroatoms. The van der Waals surface area contributed by atoms with Gasteiger partial charge in [-0.05, 0) is 23.8 Å². The third-order valence-corrected chi connectivity index (χ3v) is 5.44. The van der Waals surface area contributed by atoms with Crippen molar-refractivity contribution in [3.63, 3.8) is 0 Å². The monoisotopic (exact) mass is 326 g/mol. The van der Waals surface area contributed by atoms with Crippen molar-refractivity contribution in [1.82, 2.24) is 0 Å². The summed E-state index contributed by atoms with van der Waals surface area (Å²) in [7, 11) is 0. The molecule has 0 aromatic heterocycles. The molecule has 0 unspecified atom stereocenters. The fraction of sp³-hybridized carbons (Fsp3) is 0.143. The molecular formula is C14H11ClO3S2. The van der Waals surface area contributed by atoms with Gasteiger partial charge in [0.2, 0.25) is 0 Å². The van der Waals surface area contributed by atoms with E-state index < -0.39 is 11.8 Å². The van der Waals surface area contributed by atoms with Crippen molar-refractivity contribution < 1.29 is 14.7 Å². The molecule has 0 spiro atoms. The summed E-state index contributed by atoms with van der Waals surface area (Å²) in [6.45, 7) is 0.